The second kappa shape index (κ2) is 3.70. The third kappa shape index (κ3) is 2.39. The second-order valence-corrected chi connectivity index (χ2v) is 3.15. The Morgan fingerprint density at radius 1 is 1.23 bits per heavy atom. The number of rotatable bonds is 2. The molecule has 0 aliphatic carbocycles. The monoisotopic (exact) mass is 187 g/mol. The fourth-order valence-electron chi connectivity index (χ4n) is 1.07. The summed E-state index contributed by atoms with van der Waals surface area (Å²) in [5.74, 6) is -2.75. The summed E-state index contributed by atoms with van der Waals surface area (Å²) in [6.07, 6.45) is 0. The predicted octanol–water partition coefficient (Wildman–Crippen LogP) is 1.73. The summed E-state index contributed by atoms with van der Waals surface area (Å²) in [6.45, 7) is 0.439. The van der Waals surface area contributed by atoms with E-state index in [2.05, 4.69) is 0 Å². The molecule has 1 rings (SSSR count). The van der Waals surface area contributed by atoms with Gasteiger partial charge >= 0.3 is 0 Å². The lowest BCUT2D eigenvalue weighted by Crippen LogP contribution is -2.11. The average Bonchev–Trinajstić information content (AvgIpc) is 1.98. The van der Waals surface area contributed by atoms with E-state index in [1.165, 1.54) is 0 Å². The SMILES string of the molecule is CN(C)Cc1cc(F)c(O)c(F)c1. The van der Waals surface area contributed by atoms with Crippen LogP contribution in [0, 0.1) is 11.6 Å². The Morgan fingerprint density at radius 2 is 1.69 bits per heavy atom. The molecule has 0 aliphatic heterocycles. The van der Waals surface area contributed by atoms with Crippen LogP contribution in [0.5, 0.6) is 5.75 Å². The van der Waals surface area contributed by atoms with Gasteiger partial charge in [0.05, 0.1) is 0 Å². The summed E-state index contributed by atoms with van der Waals surface area (Å²) >= 11 is 0. The highest BCUT2D eigenvalue weighted by atomic mass is 19.1. The van der Waals surface area contributed by atoms with E-state index in [9.17, 15) is 8.78 Å². The lowest BCUT2D eigenvalue weighted by Gasteiger charge is -2.10. The molecule has 72 valence electrons. The minimum Gasteiger partial charge on any atom is -0.503 e. The maximum atomic E-state index is 12.8. The highest BCUT2D eigenvalue weighted by molar-refractivity contribution is 5.29. The van der Waals surface area contributed by atoms with Crippen molar-refractivity contribution in [2.45, 2.75) is 6.54 Å². The van der Waals surface area contributed by atoms with Crippen molar-refractivity contribution < 1.29 is 13.9 Å². The van der Waals surface area contributed by atoms with Crippen LogP contribution in [0.25, 0.3) is 0 Å². The molecule has 0 fully saturated rings. The third-order valence-corrected chi connectivity index (χ3v) is 1.58. The van der Waals surface area contributed by atoms with Crippen LogP contribution in [0.15, 0.2) is 12.1 Å². The van der Waals surface area contributed by atoms with Crippen molar-refractivity contribution in [1.82, 2.24) is 4.90 Å². The minimum atomic E-state index is -0.920. The largest absolute Gasteiger partial charge is 0.503 e. The zero-order valence-corrected chi connectivity index (χ0v) is 7.51. The highest BCUT2D eigenvalue weighted by Gasteiger charge is 2.09. The molecule has 4 heteroatoms. The standard InChI is InChI=1S/C9H11F2NO/c1-12(2)5-6-3-7(10)9(13)8(11)4-6/h3-4,13H,5H2,1-2H3. The number of hydrogen-bond acceptors (Lipinski definition) is 2. The summed E-state index contributed by atoms with van der Waals surface area (Å²) in [6, 6.07) is 2.25. The van der Waals surface area contributed by atoms with Crippen molar-refractivity contribution in [3.63, 3.8) is 0 Å². The molecule has 0 aliphatic rings. The second-order valence-electron chi connectivity index (χ2n) is 3.15. The Labute approximate surface area is 75.4 Å². The van der Waals surface area contributed by atoms with Crippen LogP contribution in [-0.2, 0) is 6.54 Å². The number of phenolic OH excluding ortho intramolecular Hbond substituents is 1. The summed E-state index contributed by atoms with van der Waals surface area (Å²) in [4.78, 5) is 1.78. The molecule has 0 bridgehead atoms. The van der Waals surface area contributed by atoms with Crippen LogP contribution >= 0.6 is 0 Å². The first-order valence-electron chi connectivity index (χ1n) is 3.82. The van der Waals surface area contributed by atoms with Gasteiger partial charge in [-0.05, 0) is 31.8 Å². The molecule has 1 aromatic carbocycles. The molecule has 0 saturated carbocycles. The number of nitrogens with zero attached hydrogens (tertiary/aromatic N) is 1. The highest BCUT2D eigenvalue weighted by Crippen LogP contribution is 2.21. The van der Waals surface area contributed by atoms with Crippen molar-refractivity contribution in [2.24, 2.45) is 0 Å². The smallest absolute Gasteiger partial charge is 0.187 e. The van der Waals surface area contributed by atoms with Crippen LogP contribution in [-0.4, -0.2) is 24.1 Å². The number of benzene rings is 1. The van der Waals surface area contributed by atoms with E-state index in [1.54, 1.807) is 19.0 Å². The van der Waals surface area contributed by atoms with Gasteiger partial charge in [-0.3, -0.25) is 0 Å². The molecule has 0 atom stereocenters. The topological polar surface area (TPSA) is 23.5 Å². The van der Waals surface area contributed by atoms with Gasteiger partial charge in [0.25, 0.3) is 0 Å². The van der Waals surface area contributed by atoms with E-state index >= 15 is 0 Å². The number of hydrogen-bond donors (Lipinski definition) is 1. The maximum absolute atomic E-state index is 12.8. The van der Waals surface area contributed by atoms with Crippen LogP contribution in [0.4, 0.5) is 8.78 Å². The fourth-order valence-corrected chi connectivity index (χ4v) is 1.07. The van der Waals surface area contributed by atoms with E-state index < -0.39 is 17.4 Å². The van der Waals surface area contributed by atoms with E-state index in [0.29, 0.717) is 12.1 Å². The van der Waals surface area contributed by atoms with Crippen molar-refractivity contribution in [3.05, 3.63) is 29.3 Å². The summed E-state index contributed by atoms with van der Waals surface area (Å²) in [5.41, 5.74) is 0.498. The van der Waals surface area contributed by atoms with Crippen molar-refractivity contribution in [1.29, 1.82) is 0 Å². The maximum Gasteiger partial charge on any atom is 0.187 e. The third-order valence-electron chi connectivity index (χ3n) is 1.58. The molecule has 2 nitrogen and oxygen atoms in total. The van der Waals surface area contributed by atoms with Gasteiger partial charge in [-0.1, -0.05) is 0 Å². The van der Waals surface area contributed by atoms with Crippen LogP contribution < -0.4 is 0 Å². The molecular formula is C9H11F2NO. The fraction of sp³-hybridized carbons (Fsp3) is 0.333. The molecule has 0 heterocycles. The van der Waals surface area contributed by atoms with Gasteiger partial charge in [0.15, 0.2) is 17.4 Å². The number of phenols is 1. The van der Waals surface area contributed by atoms with Gasteiger partial charge in [-0.15, -0.1) is 0 Å². The predicted molar refractivity (Wildman–Crippen MR) is 45.4 cm³/mol. The molecule has 0 spiro atoms. The number of halogens is 2. The first-order chi connectivity index (χ1) is 6.00. The first kappa shape index (κ1) is 9.92. The molecular weight excluding hydrogens is 176 g/mol. The van der Waals surface area contributed by atoms with Crippen LogP contribution in [0.2, 0.25) is 0 Å². The van der Waals surface area contributed by atoms with Crippen LogP contribution in [0.3, 0.4) is 0 Å². The molecule has 1 N–H and O–H groups in total. The first-order valence-corrected chi connectivity index (χ1v) is 3.82. The Hall–Kier alpha value is -1.16. The lowest BCUT2D eigenvalue weighted by molar-refractivity contribution is 0.382. The molecule has 0 saturated heterocycles. The average molecular weight is 187 g/mol. The van der Waals surface area contributed by atoms with Gasteiger partial charge in [0.1, 0.15) is 0 Å². The normalized spacial score (nSPS) is 10.8. The summed E-state index contributed by atoms with van der Waals surface area (Å²) < 4.78 is 25.6. The lowest BCUT2D eigenvalue weighted by atomic mass is 10.2. The zero-order chi connectivity index (χ0) is 10.0. The Morgan fingerprint density at radius 3 is 2.08 bits per heavy atom. The molecule has 0 unspecified atom stereocenters. The van der Waals surface area contributed by atoms with E-state index in [1.807, 2.05) is 0 Å². The molecule has 13 heavy (non-hydrogen) atoms. The van der Waals surface area contributed by atoms with Gasteiger partial charge < -0.3 is 10.0 Å². The number of aromatic hydroxyl groups is 1. The van der Waals surface area contributed by atoms with Gasteiger partial charge in [-0.2, -0.15) is 0 Å². The molecule has 0 aromatic heterocycles. The summed E-state index contributed by atoms with van der Waals surface area (Å²) in [7, 11) is 3.59. The van der Waals surface area contributed by atoms with Gasteiger partial charge in [0, 0.05) is 6.54 Å². The summed E-state index contributed by atoms with van der Waals surface area (Å²) in [5, 5.41) is 8.80. The molecule has 1 aromatic rings. The van der Waals surface area contributed by atoms with Crippen LogP contribution in [0.1, 0.15) is 5.56 Å². The van der Waals surface area contributed by atoms with Gasteiger partial charge in [0.2, 0.25) is 0 Å². The van der Waals surface area contributed by atoms with Crippen molar-refractivity contribution >= 4 is 0 Å². The van der Waals surface area contributed by atoms with Gasteiger partial charge in [-0.25, -0.2) is 8.78 Å². The van der Waals surface area contributed by atoms with Crippen molar-refractivity contribution in [3.8, 4) is 5.75 Å². The quantitative estimate of drug-likeness (QED) is 0.762. The van der Waals surface area contributed by atoms with Crippen molar-refractivity contribution in [2.75, 3.05) is 14.1 Å². The minimum absolute atomic E-state index is 0.439. The van der Waals surface area contributed by atoms with E-state index in [4.69, 9.17) is 5.11 Å². The molecule has 0 amide bonds. The Balaban J connectivity index is 2.99. The Kier molecular flexibility index (Phi) is 2.83. The Bertz CT molecular complexity index is 289. The van der Waals surface area contributed by atoms with E-state index in [0.717, 1.165) is 12.1 Å². The molecule has 0 radical (unpaired) electrons. The van der Waals surface area contributed by atoms with E-state index in [-0.39, 0.29) is 0 Å². The zero-order valence-electron chi connectivity index (χ0n) is 7.51.